The smallest absolute Gasteiger partial charge is 0.214 e. The molecule has 0 saturated carbocycles. The predicted octanol–water partition coefficient (Wildman–Crippen LogP) is 0.198. The van der Waals surface area contributed by atoms with Gasteiger partial charge in [-0.2, -0.15) is 0 Å². The highest BCUT2D eigenvalue weighted by Crippen LogP contribution is 2.20. The SMILES string of the molecule is CN(C)S(=O)(=O)C[C@@H]1CN(CCCc2cccnc2)C[C@H]1O. The Hall–Kier alpha value is -1.02. The van der Waals surface area contributed by atoms with Crippen LogP contribution in [-0.2, 0) is 16.4 Å². The molecule has 7 heteroatoms. The molecule has 0 bridgehead atoms. The molecule has 0 aromatic carbocycles. The monoisotopic (exact) mass is 327 g/mol. The molecular formula is C15H25N3O3S. The van der Waals surface area contributed by atoms with Crippen LogP contribution in [0, 0.1) is 5.92 Å². The van der Waals surface area contributed by atoms with Gasteiger partial charge in [0.2, 0.25) is 10.0 Å². The average molecular weight is 327 g/mol. The molecule has 2 atom stereocenters. The van der Waals surface area contributed by atoms with Gasteiger partial charge in [-0.15, -0.1) is 0 Å². The van der Waals surface area contributed by atoms with Crippen LogP contribution in [0.4, 0.5) is 0 Å². The van der Waals surface area contributed by atoms with Crippen LogP contribution in [0.15, 0.2) is 24.5 Å². The summed E-state index contributed by atoms with van der Waals surface area (Å²) < 4.78 is 25.1. The number of hydrogen-bond acceptors (Lipinski definition) is 5. The zero-order valence-corrected chi connectivity index (χ0v) is 14.0. The van der Waals surface area contributed by atoms with Crippen LogP contribution in [0.3, 0.4) is 0 Å². The lowest BCUT2D eigenvalue weighted by molar-refractivity contribution is 0.148. The van der Waals surface area contributed by atoms with Crippen molar-refractivity contribution in [2.45, 2.75) is 18.9 Å². The van der Waals surface area contributed by atoms with Crippen molar-refractivity contribution in [3.05, 3.63) is 30.1 Å². The first-order valence-corrected chi connectivity index (χ1v) is 9.19. The fraction of sp³-hybridized carbons (Fsp3) is 0.667. The molecule has 2 heterocycles. The minimum absolute atomic E-state index is 0.0142. The van der Waals surface area contributed by atoms with Crippen LogP contribution in [0.1, 0.15) is 12.0 Å². The molecule has 1 saturated heterocycles. The van der Waals surface area contributed by atoms with Gasteiger partial charge in [-0.25, -0.2) is 12.7 Å². The first-order valence-electron chi connectivity index (χ1n) is 7.58. The fourth-order valence-electron chi connectivity index (χ4n) is 2.76. The lowest BCUT2D eigenvalue weighted by Gasteiger charge is -2.18. The molecule has 1 aliphatic rings. The minimum Gasteiger partial charge on any atom is -0.391 e. The van der Waals surface area contributed by atoms with Gasteiger partial charge in [-0.05, 0) is 31.0 Å². The molecule has 0 spiro atoms. The van der Waals surface area contributed by atoms with E-state index in [-0.39, 0.29) is 11.7 Å². The number of likely N-dealkylation sites (tertiary alicyclic amines) is 1. The third-order valence-electron chi connectivity index (χ3n) is 4.13. The van der Waals surface area contributed by atoms with Crippen molar-refractivity contribution in [3.8, 4) is 0 Å². The number of sulfonamides is 1. The highest BCUT2D eigenvalue weighted by molar-refractivity contribution is 7.89. The van der Waals surface area contributed by atoms with Gasteiger partial charge in [0.15, 0.2) is 0 Å². The molecule has 1 aromatic rings. The van der Waals surface area contributed by atoms with Gasteiger partial charge in [-0.3, -0.25) is 4.98 Å². The molecule has 1 N–H and O–H groups in total. The van der Waals surface area contributed by atoms with Crippen molar-refractivity contribution in [2.75, 3.05) is 39.5 Å². The Morgan fingerprint density at radius 2 is 2.18 bits per heavy atom. The number of aliphatic hydroxyl groups excluding tert-OH is 1. The summed E-state index contributed by atoms with van der Waals surface area (Å²) in [5.41, 5.74) is 1.20. The summed E-state index contributed by atoms with van der Waals surface area (Å²) in [6, 6.07) is 3.98. The normalized spacial score (nSPS) is 23.3. The summed E-state index contributed by atoms with van der Waals surface area (Å²) in [5.74, 6) is -0.189. The molecule has 0 amide bonds. The summed E-state index contributed by atoms with van der Waals surface area (Å²) in [4.78, 5) is 6.24. The van der Waals surface area contributed by atoms with Gasteiger partial charge in [0.05, 0.1) is 11.9 Å². The van der Waals surface area contributed by atoms with E-state index in [2.05, 4.69) is 16.0 Å². The molecule has 124 valence electrons. The van der Waals surface area contributed by atoms with Gasteiger partial charge in [-0.1, -0.05) is 6.07 Å². The van der Waals surface area contributed by atoms with Crippen molar-refractivity contribution in [3.63, 3.8) is 0 Å². The van der Waals surface area contributed by atoms with Crippen LogP contribution in [0.25, 0.3) is 0 Å². The van der Waals surface area contributed by atoms with E-state index in [1.165, 1.54) is 24.0 Å². The predicted molar refractivity (Wildman–Crippen MR) is 86.0 cm³/mol. The summed E-state index contributed by atoms with van der Waals surface area (Å²) in [6.45, 7) is 2.06. The molecule has 0 radical (unpaired) electrons. The largest absolute Gasteiger partial charge is 0.391 e. The minimum atomic E-state index is -3.26. The number of aromatic nitrogens is 1. The number of pyridine rings is 1. The molecule has 1 aromatic heterocycles. The lowest BCUT2D eigenvalue weighted by Crippen LogP contribution is -2.33. The molecule has 1 fully saturated rings. The molecule has 6 nitrogen and oxygen atoms in total. The number of aliphatic hydroxyl groups is 1. The maximum atomic E-state index is 11.9. The molecule has 0 unspecified atom stereocenters. The van der Waals surface area contributed by atoms with Crippen molar-refractivity contribution in [2.24, 2.45) is 5.92 Å². The Kier molecular flexibility index (Phi) is 5.91. The van der Waals surface area contributed by atoms with E-state index in [1.807, 2.05) is 12.3 Å². The topological polar surface area (TPSA) is 73.7 Å². The standard InChI is InChI=1S/C15H25N3O3S/c1-17(2)22(20,21)12-14-10-18(11-15(14)19)8-4-6-13-5-3-7-16-9-13/h3,5,7,9,14-15,19H,4,6,8,10-12H2,1-2H3/t14-,15+/m0/s1. The van der Waals surface area contributed by atoms with Gasteiger partial charge < -0.3 is 10.0 Å². The molecular weight excluding hydrogens is 302 g/mol. The molecule has 1 aliphatic heterocycles. The Morgan fingerprint density at radius 1 is 1.41 bits per heavy atom. The third-order valence-corrected chi connectivity index (χ3v) is 6.09. The maximum absolute atomic E-state index is 11.9. The number of hydrogen-bond donors (Lipinski definition) is 1. The zero-order chi connectivity index (χ0) is 16.2. The second kappa shape index (κ2) is 7.50. The van der Waals surface area contributed by atoms with Gasteiger partial charge >= 0.3 is 0 Å². The molecule has 2 rings (SSSR count). The van der Waals surface area contributed by atoms with Crippen LogP contribution in [0.2, 0.25) is 0 Å². The maximum Gasteiger partial charge on any atom is 0.214 e. The first kappa shape index (κ1) is 17.3. The van der Waals surface area contributed by atoms with E-state index in [9.17, 15) is 13.5 Å². The van der Waals surface area contributed by atoms with Crippen molar-refractivity contribution in [1.29, 1.82) is 0 Å². The van der Waals surface area contributed by atoms with Gasteiger partial charge in [0, 0.05) is 45.5 Å². The summed E-state index contributed by atoms with van der Waals surface area (Å²) in [6.07, 6.45) is 4.99. The van der Waals surface area contributed by atoms with Crippen LogP contribution in [-0.4, -0.2) is 73.3 Å². The van der Waals surface area contributed by atoms with E-state index in [1.54, 1.807) is 6.20 Å². The Balaban J connectivity index is 1.78. The number of rotatable bonds is 7. The third kappa shape index (κ3) is 4.74. The summed E-state index contributed by atoms with van der Waals surface area (Å²) in [7, 11) is -0.203. The molecule has 0 aliphatic carbocycles. The quantitative estimate of drug-likeness (QED) is 0.774. The summed E-state index contributed by atoms with van der Waals surface area (Å²) in [5, 5.41) is 10.1. The summed E-state index contributed by atoms with van der Waals surface area (Å²) >= 11 is 0. The van der Waals surface area contributed by atoms with E-state index >= 15 is 0 Å². The van der Waals surface area contributed by atoms with Crippen LogP contribution >= 0.6 is 0 Å². The number of aryl methyl sites for hydroxylation is 1. The van der Waals surface area contributed by atoms with Crippen LogP contribution < -0.4 is 0 Å². The van der Waals surface area contributed by atoms with Crippen molar-refractivity contribution in [1.82, 2.24) is 14.2 Å². The second-order valence-electron chi connectivity index (χ2n) is 6.11. The van der Waals surface area contributed by atoms with Crippen molar-refractivity contribution < 1.29 is 13.5 Å². The number of β-amino-alcohol motifs (C(OH)–C–C–N with tert-alkyl or cyclic N) is 1. The van der Waals surface area contributed by atoms with Gasteiger partial charge in [0.25, 0.3) is 0 Å². The Labute approximate surface area is 132 Å². The first-order chi connectivity index (χ1) is 10.4. The second-order valence-corrected chi connectivity index (χ2v) is 8.34. The highest BCUT2D eigenvalue weighted by Gasteiger charge is 2.34. The van der Waals surface area contributed by atoms with E-state index in [0.717, 1.165) is 19.4 Å². The average Bonchev–Trinajstić information content (AvgIpc) is 2.79. The number of nitrogens with zero attached hydrogens (tertiary/aromatic N) is 3. The Morgan fingerprint density at radius 3 is 2.82 bits per heavy atom. The van der Waals surface area contributed by atoms with Crippen molar-refractivity contribution >= 4 is 10.0 Å². The fourth-order valence-corrected chi connectivity index (χ4v) is 3.93. The highest BCUT2D eigenvalue weighted by atomic mass is 32.2. The van der Waals surface area contributed by atoms with Gasteiger partial charge in [0.1, 0.15) is 0 Å². The Bertz CT molecular complexity index is 563. The van der Waals surface area contributed by atoms with E-state index in [0.29, 0.717) is 13.1 Å². The van der Waals surface area contributed by atoms with Crippen LogP contribution in [0.5, 0.6) is 0 Å². The lowest BCUT2D eigenvalue weighted by atomic mass is 10.1. The van der Waals surface area contributed by atoms with E-state index in [4.69, 9.17) is 0 Å². The van der Waals surface area contributed by atoms with E-state index < -0.39 is 16.1 Å². The zero-order valence-electron chi connectivity index (χ0n) is 13.2. The molecule has 22 heavy (non-hydrogen) atoms.